The minimum absolute atomic E-state index is 0.0252. The molecule has 1 atom stereocenters. The van der Waals surface area contributed by atoms with Crippen molar-refractivity contribution in [3.8, 4) is 5.75 Å². The van der Waals surface area contributed by atoms with Crippen molar-refractivity contribution in [2.45, 2.75) is 45.4 Å². The Hall–Kier alpha value is -2.63. The molecule has 1 rings (SSSR count). The summed E-state index contributed by atoms with van der Waals surface area (Å²) in [4.78, 5) is 35.5. The topological polar surface area (TPSA) is 101 Å². The Morgan fingerprint density at radius 1 is 1.08 bits per heavy atom. The third kappa shape index (κ3) is 5.74. The Bertz CT molecular complexity index is 622. The first-order chi connectivity index (χ1) is 11.8. The number of hydrogen-bond acceptors (Lipinski definition) is 4. The molecule has 0 amide bonds. The second-order valence-electron chi connectivity index (χ2n) is 5.95. The first kappa shape index (κ1) is 20.4. The fraction of sp³-hybridized carbons (Fsp3) is 0.421. The van der Waals surface area contributed by atoms with Crippen LogP contribution >= 0.6 is 0 Å². The second kappa shape index (κ2) is 9.61. The van der Waals surface area contributed by atoms with Gasteiger partial charge in [-0.2, -0.15) is 0 Å². The molecule has 0 saturated carbocycles. The lowest BCUT2D eigenvalue weighted by molar-refractivity contribution is -0.155. The molecule has 0 aliphatic carbocycles. The van der Waals surface area contributed by atoms with Gasteiger partial charge in [0.2, 0.25) is 0 Å². The van der Waals surface area contributed by atoms with Gasteiger partial charge in [-0.05, 0) is 18.6 Å². The molecule has 0 radical (unpaired) electrons. The van der Waals surface area contributed by atoms with Crippen molar-refractivity contribution in [1.82, 2.24) is 0 Å². The third-order valence-corrected chi connectivity index (χ3v) is 4.12. The molecule has 2 N–H and O–H groups in total. The molecule has 0 heterocycles. The lowest BCUT2D eigenvalue weighted by Crippen LogP contribution is -2.39. The number of rotatable bonds is 11. The molecular formula is C19H24O6. The molecule has 1 unspecified atom stereocenters. The molecule has 0 spiro atoms. The van der Waals surface area contributed by atoms with E-state index in [1.165, 1.54) is 0 Å². The van der Waals surface area contributed by atoms with Gasteiger partial charge >= 0.3 is 17.9 Å². The summed E-state index contributed by atoms with van der Waals surface area (Å²) in [5.74, 6) is -3.32. The fourth-order valence-corrected chi connectivity index (χ4v) is 2.62. The first-order valence-corrected chi connectivity index (χ1v) is 8.25. The molecule has 6 heteroatoms. The highest BCUT2D eigenvalue weighted by Crippen LogP contribution is 2.38. The van der Waals surface area contributed by atoms with Gasteiger partial charge in [0.1, 0.15) is 11.2 Å². The van der Waals surface area contributed by atoms with Gasteiger partial charge in [-0.1, -0.05) is 57.4 Å². The number of benzene rings is 1. The maximum Gasteiger partial charge on any atom is 0.332 e. The normalized spacial score (nSPS) is 12.8. The van der Waals surface area contributed by atoms with Crippen molar-refractivity contribution in [3.63, 3.8) is 0 Å². The van der Waals surface area contributed by atoms with Crippen LogP contribution in [0.1, 0.15) is 45.4 Å². The van der Waals surface area contributed by atoms with Gasteiger partial charge in [0.25, 0.3) is 0 Å². The van der Waals surface area contributed by atoms with Gasteiger partial charge in [0.05, 0.1) is 6.42 Å². The van der Waals surface area contributed by atoms with E-state index in [0.717, 1.165) is 19.3 Å². The molecule has 136 valence electrons. The van der Waals surface area contributed by atoms with Gasteiger partial charge in [-0.3, -0.25) is 9.59 Å². The summed E-state index contributed by atoms with van der Waals surface area (Å²) < 4.78 is 5.14. The van der Waals surface area contributed by atoms with Crippen LogP contribution in [0.5, 0.6) is 5.75 Å². The van der Waals surface area contributed by atoms with Crippen LogP contribution in [0.3, 0.4) is 0 Å². The molecule has 25 heavy (non-hydrogen) atoms. The lowest BCUT2D eigenvalue weighted by Gasteiger charge is -2.28. The van der Waals surface area contributed by atoms with Crippen molar-refractivity contribution in [3.05, 3.63) is 42.5 Å². The second-order valence-corrected chi connectivity index (χ2v) is 5.95. The SMILES string of the molecule is C=C(C(=O)O)C(CCCCCC)(CC(=O)Oc1ccccc1)C(=O)O. The number of carboxylic acids is 2. The van der Waals surface area contributed by atoms with Crippen LogP contribution in [0.25, 0.3) is 0 Å². The predicted molar refractivity (Wildman–Crippen MR) is 92.3 cm³/mol. The van der Waals surface area contributed by atoms with E-state index in [1.807, 2.05) is 6.92 Å². The van der Waals surface area contributed by atoms with Crippen LogP contribution in [0, 0.1) is 5.41 Å². The highest BCUT2D eigenvalue weighted by atomic mass is 16.5. The summed E-state index contributed by atoms with van der Waals surface area (Å²) >= 11 is 0. The van der Waals surface area contributed by atoms with Gasteiger partial charge in [-0.15, -0.1) is 0 Å². The number of ether oxygens (including phenoxy) is 1. The summed E-state index contributed by atoms with van der Waals surface area (Å²) in [7, 11) is 0. The average molecular weight is 348 g/mol. The van der Waals surface area contributed by atoms with E-state index in [0.29, 0.717) is 6.42 Å². The molecule has 1 aromatic rings. The number of carbonyl (C=O) groups excluding carboxylic acids is 1. The van der Waals surface area contributed by atoms with E-state index < -0.39 is 35.3 Å². The Morgan fingerprint density at radius 3 is 2.24 bits per heavy atom. The first-order valence-electron chi connectivity index (χ1n) is 8.25. The standard InChI is InChI=1S/C19H24O6/c1-3-4-5-9-12-19(18(23)24,14(2)17(21)22)13-16(20)25-15-10-7-6-8-11-15/h6-8,10-11H,2-5,9,12-13H2,1H3,(H,21,22)(H,23,24). The summed E-state index contributed by atoms with van der Waals surface area (Å²) in [6, 6.07) is 8.22. The molecule has 0 fully saturated rings. The quantitative estimate of drug-likeness (QED) is 0.274. The van der Waals surface area contributed by atoms with Crippen molar-refractivity contribution >= 4 is 17.9 Å². The monoisotopic (exact) mass is 348 g/mol. The molecule has 0 aromatic heterocycles. The van der Waals surface area contributed by atoms with E-state index >= 15 is 0 Å². The summed E-state index contributed by atoms with van der Waals surface area (Å²) in [5, 5.41) is 18.9. The number of carbonyl (C=O) groups is 3. The zero-order valence-corrected chi connectivity index (χ0v) is 14.4. The van der Waals surface area contributed by atoms with Crippen LogP contribution < -0.4 is 4.74 Å². The molecular weight excluding hydrogens is 324 g/mol. The maximum atomic E-state index is 12.2. The molecule has 0 bridgehead atoms. The minimum atomic E-state index is -1.87. The molecule has 0 aliphatic rings. The van der Waals surface area contributed by atoms with Gasteiger partial charge in [0.15, 0.2) is 0 Å². The largest absolute Gasteiger partial charge is 0.481 e. The molecule has 6 nitrogen and oxygen atoms in total. The Labute approximate surface area is 147 Å². The summed E-state index contributed by atoms with van der Waals surface area (Å²) in [6.45, 7) is 5.43. The van der Waals surface area contributed by atoms with Gasteiger partial charge in [0, 0.05) is 5.57 Å². The number of unbranched alkanes of at least 4 members (excludes halogenated alkanes) is 3. The van der Waals surface area contributed by atoms with Crippen molar-refractivity contribution in [2.75, 3.05) is 0 Å². The highest BCUT2D eigenvalue weighted by Gasteiger charge is 2.46. The van der Waals surface area contributed by atoms with Crippen LogP contribution in [0.4, 0.5) is 0 Å². The van der Waals surface area contributed by atoms with Crippen LogP contribution in [0.2, 0.25) is 0 Å². The van der Waals surface area contributed by atoms with E-state index in [1.54, 1.807) is 30.3 Å². The number of carboxylic acid groups (broad SMARTS) is 2. The van der Waals surface area contributed by atoms with Crippen molar-refractivity contribution < 1.29 is 29.3 Å². The van der Waals surface area contributed by atoms with E-state index in [-0.39, 0.29) is 12.2 Å². The van der Waals surface area contributed by atoms with Gasteiger partial charge in [-0.25, -0.2) is 4.79 Å². The summed E-state index contributed by atoms with van der Waals surface area (Å²) in [5.41, 5.74) is -2.37. The lowest BCUT2D eigenvalue weighted by atomic mass is 9.73. The van der Waals surface area contributed by atoms with Crippen LogP contribution in [0.15, 0.2) is 42.5 Å². The smallest absolute Gasteiger partial charge is 0.332 e. The number of para-hydroxylation sites is 1. The zero-order valence-electron chi connectivity index (χ0n) is 14.4. The number of aliphatic carboxylic acids is 2. The minimum Gasteiger partial charge on any atom is -0.481 e. The Balaban J connectivity index is 2.98. The van der Waals surface area contributed by atoms with E-state index in [9.17, 15) is 24.6 Å². The Morgan fingerprint density at radius 2 is 1.72 bits per heavy atom. The van der Waals surface area contributed by atoms with Crippen molar-refractivity contribution in [2.24, 2.45) is 5.41 Å². The van der Waals surface area contributed by atoms with Gasteiger partial charge < -0.3 is 14.9 Å². The average Bonchev–Trinajstić information content (AvgIpc) is 2.57. The zero-order chi connectivity index (χ0) is 18.9. The molecule has 1 aromatic carbocycles. The van der Waals surface area contributed by atoms with Crippen LogP contribution in [-0.2, 0) is 14.4 Å². The van der Waals surface area contributed by atoms with E-state index in [2.05, 4.69) is 6.58 Å². The highest BCUT2D eigenvalue weighted by molar-refractivity contribution is 5.98. The van der Waals surface area contributed by atoms with Crippen LogP contribution in [-0.4, -0.2) is 28.1 Å². The third-order valence-electron chi connectivity index (χ3n) is 4.12. The molecule has 0 aliphatic heterocycles. The number of esters is 1. The van der Waals surface area contributed by atoms with E-state index in [4.69, 9.17) is 4.74 Å². The molecule has 0 saturated heterocycles. The predicted octanol–water partition coefficient (Wildman–Crippen LogP) is 3.66. The summed E-state index contributed by atoms with van der Waals surface area (Å²) in [6.07, 6.45) is 2.56. The maximum absolute atomic E-state index is 12.2. The fourth-order valence-electron chi connectivity index (χ4n) is 2.62. The van der Waals surface area contributed by atoms with Crippen molar-refractivity contribution in [1.29, 1.82) is 0 Å². The Kier molecular flexibility index (Phi) is 7.85. The number of hydrogen-bond donors (Lipinski definition) is 2.